The highest BCUT2D eigenvalue weighted by Gasteiger charge is 2.14. The van der Waals surface area contributed by atoms with Crippen molar-refractivity contribution in [2.75, 3.05) is 11.9 Å². The second-order valence-electron chi connectivity index (χ2n) is 4.08. The highest BCUT2D eigenvalue weighted by molar-refractivity contribution is 9.10. The molecule has 0 aliphatic carbocycles. The summed E-state index contributed by atoms with van der Waals surface area (Å²) in [5, 5.41) is 3.31. The zero-order valence-corrected chi connectivity index (χ0v) is 14.2. The van der Waals surface area contributed by atoms with Gasteiger partial charge in [0.25, 0.3) is 0 Å². The number of halogens is 2. The van der Waals surface area contributed by atoms with Crippen LogP contribution in [0.5, 0.6) is 0 Å². The van der Waals surface area contributed by atoms with Gasteiger partial charge in [0.2, 0.25) is 0 Å². The highest BCUT2D eigenvalue weighted by Crippen LogP contribution is 2.37. The number of thiophene rings is 1. The highest BCUT2D eigenvalue weighted by atomic mass is 79.9. The van der Waals surface area contributed by atoms with Crippen LogP contribution in [0.3, 0.4) is 0 Å². The molecule has 0 aromatic carbocycles. The second kappa shape index (κ2) is 6.20. The second-order valence-corrected chi connectivity index (χ2v) is 6.58. The van der Waals surface area contributed by atoms with Crippen LogP contribution in [0, 0.1) is 6.92 Å². The van der Waals surface area contributed by atoms with Crippen molar-refractivity contribution >= 4 is 44.7 Å². The van der Waals surface area contributed by atoms with E-state index < -0.39 is 0 Å². The Bertz CT molecular complexity index is 578. The standard InChI is InChI=1S/C13H15BrClN3S/c1-4-8-7(3)17-13(18-12(8)16-5-2)10-6-9(14)11(15)19-10/h6H,4-5H2,1-3H3,(H,16,17,18). The molecule has 2 rings (SSSR count). The van der Waals surface area contributed by atoms with E-state index >= 15 is 0 Å². The van der Waals surface area contributed by atoms with Crippen molar-refractivity contribution in [2.45, 2.75) is 27.2 Å². The molecule has 0 aliphatic heterocycles. The number of anilines is 1. The van der Waals surface area contributed by atoms with E-state index in [2.05, 4.69) is 45.1 Å². The van der Waals surface area contributed by atoms with Crippen LogP contribution < -0.4 is 5.32 Å². The third-order valence-corrected chi connectivity index (χ3v) is 5.25. The molecule has 0 spiro atoms. The number of hydrogen-bond donors (Lipinski definition) is 1. The Balaban J connectivity index is 2.52. The first-order chi connectivity index (χ1) is 9.06. The molecule has 3 nitrogen and oxygen atoms in total. The predicted octanol–water partition coefficient (Wildman–Crippen LogP) is 4.92. The largest absolute Gasteiger partial charge is 0.370 e. The van der Waals surface area contributed by atoms with Crippen LogP contribution >= 0.6 is 38.9 Å². The Morgan fingerprint density at radius 3 is 2.63 bits per heavy atom. The average Bonchev–Trinajstić information content (AvgIpc) is 2.70. The monoisotopic (exact) mass is 359 g/mol. The SMILES string of the molecule is CCNc1nc(-c2cc(Br)c(Cl)s2)nc(C)c1CC. The first kappa shape index (κ1) is 14.8. The van der Waals surface area contributed by atoms with Gasteiger partial charge in [-0.1, -0.05) is 18.5 Å². The minimum atomic E-state index is 0.723. The van der Waals surface area contributed by atoms with Crippen molar-refractivity contribution in [2.24, 2.45) is 0 Å². The van der Waals surface area contributed by atoms with Crippen LogP contribution in [0.15, 0.2) is 10.5 Å². The summed E-state index contributed by atoms with van der Waals surface area (Å²) < 4.78 is 1.61. The number of rotatable bonds is 4. The summed E-state index contributed by atoms with van der Waals surface area (Å²) in [5.41, 5.74) is 2.19. The molecule has 2 aromatic heterocycles. The fourth-order valence-electron chi connectivity index (χ4n) is 1.90. The van der Waals surface area contributed by atoms with Crippen LogP contribution in [0.25, 0.3) is 10.7 Å². The topological polar surface area (TPSA) is 37.8 Å². The fraction of sp³-hybridized carbons (Fsp3) is 0.385. The van der Waals surface area contributed by atoms with Gasteiger partial charge in [0.05, 0.1) is 4.88 Å². The van der Waals surface area contributed by atoms with Gasteiger partial charge in [-0.3, -0.25) is 0 Å². The van der Waals surface area contributed by atoms with Crippen LogP contribution in [-0.2, 0) is 6.42 Å². The molecule has 0 fully saturated rings. The van der Waals surface area contributed by atoms with Crippen LogP contribution in [0.1, 0.15) is 25.1 Å². The van der Waals surface area contributed by atoms with Gasteiger partial charge in [0.1, 0.15) is 10.2 Å². The lowest BCUT2D eigenvalue weighted by Gasteiger charge is -2.12. The zero-order chi connectivity index (χ0) is 14.0. The molecule has 19 heavy (non-hydrogen) atoms. The first-order valence-corrected chi connectivity index (χ1v) is 8.12. The molecule has 0 aliphatic rings. The van der Waals surface area contributed by atoms with Crippen molar-refractivity contribution in [3.8, 4) is 10.7 Å². The minimum absolute atomic E-state index is 0.723. The van der Waals surface area contributed by atoms with E-state index in [1.54, 1.807) is 0 Å². The smallest absolute Gasteiger partial charge is 0.171 e. The van der Waals surface area contributed by atoms with Crippen molar-refractivity contribution in [1.29, 1.82) is 0 Å². The van der Waals surface area contributed by atoms with Gasteiger partial charge in [-0.2, -0.15) is 0 Å². The third kappa shape index (κ3) is 3.09. The molecule has 102 valence electrons. The molecule has 0 atom stereocenters. The third-order valence-electron chi connectivity index (χ3n) is 2.78. The van der Waals surface area contributed by atoms with Gasteiger partial charge < -0.3 is 5.32 Å². The number of hydrogen-bond acceptors (Lipinski definition) is 4. The molecular weight excluding hydrogens is 346 g/mol. The number of nitrogens with zero attached hydrogens (tertiary/aromatic N) is 2. The molecule has 2 aromatic rings. The molecule has 1 N–H and O–H groups in total. The van der Waals surface area contributed by atoms with Gasteiger partial charge in [-0.15, -0.1) is 11.3 Å². The summed E-state index contributed by atoms with van der Waals surface area (Å²) in [6.45, 7) is 7.05. The van der Waals surface area contributed by atoms with Crippen molar-refractivity contribution < 1.29 is 0 Å². The summed E-state index contributed by atoms with van der Waals surface area (Å²) in [4.78, 5) is 10.2. The van der Waals surface area contributed by atoms with E-state index in [9.17, 15) is 0 Å². The van der Waals surface area contributed by atoms with E-state index in [4.69, 9.17) is 11.6 Å². The summed E-state index contributed by atoms with van der Waals surface area (Å²) in [5.74, 6) is 1.65. The number of aryl methyl sites for hydroxylation is 1. The van der Waals surface area contributed by atoms with Crippen molar-refractivity contribution in [3.63, 3.8) is 0 Å². The lowest BCUT2D eigenvalue weighted by atomic mass is 10.1. The molecule has 2 heterocycles. The normalized spacial score (nSPS) is 10.8. The van der Waals surface area contributed by atoms with Crippen LogP contribution in [0.2, 0.25) is 4.34 Å². The lowest BCUT2D eigenvalue weighted by molar-refractivity contribution is 0.991. The summed E-state index contributed by atoms with van der Waals surface area (Å²) in [7, 11) is 0. The molecule has 6 heteroatoms. The molecule has 0 amide bonds. The molecule has 0 saturated heterocycles. The van der Waals surface area contributed by atoms with Crippen molar-refractivity contribution in [1.82, 2.24) is 9.97 Å². The fourth-order valence-corrected chi connectivity index (χ4v) is 3.54. The maximum atomic E-state index is 6.08. The number of aromatic nitrogens is 2. The van der Waals surface area contributed by atoms with Crippen molar-refractivity contribution in [3.05, 3.63) is 26.1 Å². The first-order valence-electron chi connectivity index (χ1n) is 6.13. The van der Waals surface area contributed by atoms with Gasteiger partial charge in [0.15, 0.2) is 5.82 Å². The zero-order valence-electron chi connectivity index (χ0n) is 11.1. The van der Waals surface area contributed by atoms with Crippen LogP contribution in [0.4, 0.5) is 5.82 Å². The van der Waals surface area contributed by atoms with E-state index in [0.29, 0.717) is 0 Å². The minimum Gasteiger partial charge on any atom is -0.370 e. The Labute approximate surface area is 130 Å². The Kier molecular flexibility index (Phi) is 4.81. The number of nitrogens with one attached hydrogen (secondary N) is 1. The Morgan fingerprint density at radius 2 is 2.11 bits per heavy atom. The summed E-state index contributed by atoms with van der Waals surface area (Å²) >= 11 is 11.0. The van der Waals surface area contributed by atoms with E-state index in [-0.39, 0.29) is 0 Å². The molecule has 0 saturated carbocycles. The lowest BCUT2D eigenvalue weighted by Crippen LogP contribution is -2.07. The van der Waals surface area contributed by atoms with E-state index in [0.717, 1.165) is 44.0 Å². The van der Waals surface area contributed by atoms with Gasteiger partial charge in [-0.25, -0.2) is 9.97 Å². The molecule has 0 radical (unpaired) electrons. The van der Waals surface area contributed by atoms with E-state index in [1.165, 1.54) is 16.9 Å². The quantitative estimate of drug-likeness (QED) is 0.840. The molecule has 0 bridgehead atoms. The van der Waals surface area contributed by atoms with Gasteiger partial charge in [0, 0.05) is 22.3 Å². The Hall–Kier alpha value is -0.650. The summed E-state index contributed by atoms with van der Waals surface area (Å²) in [6.07, 6.45) is 0.920. The average molecular weight is 361 g/mol. The van der Waals surface area contributed by atoms with E-state index in [1.807, 2.05) is 13.0 Å². The maximum absolute atomic E-state index is 6.08. The van der Waals surface area contributed by atoms with Crippen LogP contribution in [-0.4, -0.2) is 16.5 Å². The predicted molar refractivity (Wildman–Crippen MR) is 86.3 cm³/mol. The molecular formula is C13H15BrClN3S. The maximum Gasteiger partial charge on any atom is 0.171 e. The summed E-state index contributed by atoms with van der Waals surface area (Å²) in [6, 6.07) is 1.96. The molecule has 0 unspecified atom stereocenters. The van der Waals surface area contributed by atoms with Gasteiger partial charge in [-0.05, 0) is 42.3 Å². The Morgan fingerprint density at radius 1 is 1.37 bits per heavy atom. The van der Waals surface area contributed by atoms with Gasteiger partial charge >= 0.3 is 0 Å².